The molecule has 0 aliphatic heterocycles. The number of aryl methyl sites for hydroxylation is 1. The molecule has 0 aliphatic carbocycles. The van der Waals surface area contributed by atoms with Gasteiger partial charge in [-0.25, -0.2) is 0 Å². The smallest absolute Gasteiger partial charge is 0.325 e. The standard InChI is InChI=1S/C9H11NO4/c1-5(9(12)13)10-8(11)7-3-4-14-6(7)2/h3-5H,1-2H3,(H,10,11)(H,12,13)/t5-/m1/s1. The molecule has 0 spiro atoms. The molecule has 0 radical (unpaired) electrons. The number of carboxylic acids is 1. The van der Waals surface area contributed by atoms with Crippen molar-refractivity contribution < 1.29 is 19.1 Å². The van der Waals surface area contributed by atoms with Gasteiger partial charge in [0, 0.05) is 0 Å². The summed E-state index contributed by atoms with van der Waals surface area (Å²) in [6, 6.07) is 0.594. The molecule has 0 saturated carbocycles. The summed E-state index contributed by atoms with van der Waals surface area (Å²) < 4.78 is 4.92. The van der Waals surface area contributed by atoms with Crippen molar-refractivity contribution in [2.75, 3.05) is 0 Å². The van der Waals surface area contributed by atoms with Gasteiger partial charge in [0.25, 0.3) is 5.91 Å². The summed E-state index contributed by atoms with van der Waals surface area (Å²) in [7, 11) is 0. The van der Waals surface area contributed by atoms with Crippen molar-refractivity contribution >= 4 is 11.9 Å². The summed E-state index contributed by atoms with van der Waals surface area (Å²) in [5.74, 6) is -1.04. The molecule has 1 heterocycles. The third-order valence-electron chi connectivity index (χ3n) is 1.82. The molecule has 1 amide bonds. The van der Waals surface area contributed by atoms with Crippen molar-refractivity contribution in [3.63, 3.8) is 0 Å². The van der Waals surface area contributed by atoms with E-state index in [0.717, 1.165) is 0 Å². The van der Waals surface area contributed by atoms with Crippen LogP contribution in [-0.2, 0) is 4.79 Å². The Bertz CT molecular complexity index is 355. The lowest BCUT2D eigenvalue weighted by Crippen LogP contribution is -2.38. The topological polar surface area (TPSA) is 79.5 Å². The number of carboxylic acid groups (broad SMARTS) is 1. The molecule has 1 rings (SSSR count). The number of furan rings is 1. The van der Waals surface area contributed by atoms with Crippen molar-refractivity contribution in [1.29, 1.82) is 0 Å². The van der Waals surface area contributed by atoms with Crippen LogP contribution in [0.4, 0.5) is 0 Å². The zero-order valence-corrected chi connectivity index (χ0v) is 7.90. The van der Waals surface area contributed by atoms with Crippen LogP contribution in [0.1, 0.15) is 23.0 Å². The van der Waals surface area contributed by atoms with Crippen molar-refractivity contribution in [3.05, 3.63) is 23.7 Å². The fourth-order valence-electron chi connectivity index (χ4n) is 0.957. The number of amides is 1. The Morgan fingerprint density at radius 3 is 2.64 bits per heavy atom. The van der Waals surface area contributed by atoms with Crippen LogP contribution < -0.4 is 5.32 Å². The van der Waals surface area contributed by atoms with E-state index in [1.807, 2.05) is 0 Å². The van der Waals surface area contributed by atoms with Crippen molar-refractivity contribution in [2.24, 2.45) is 0 Å². The van der Waals surface area contributed by atoms with Crippen LogP contribution in [0.2, 0.25) is 0 Å². The lowest BCUT2D eigenvalue weighted by atomic mass is 10.2. The Kier molecular flexibility index (Phi) is 2.91. The highest BCUT2D eigenvalue weighted by Crippen LogP contribution is 2.08. The third kappa shape index (κ3) is 2.12. The summed E-state index contributed by atoms with van der Waals surface area (Å²) in [6.45, 7) is 3.04. The van der Waals surface area contributed by atoms with Crippen LogP contribution in [0.15, 0.2) is 16.7 Å². The second-order valence-electron chi connectivity index (χ2n) is 2.92. The van der Waals surface area contributed by atoms with E-state index >= 15 is 0 Å². The average Bonchev–Trinajstić information content (AvgIpc) is 2.51. The Morgan fingerprint density at radius 2 is 2.21 bits per heavy atom. The molecular weight excluding hydrogens is 186 g/mol. The van der Waals surface area contributed by atoms with Gasteiger partial charge in [0.1, 0.15) is 11.8 Å². The fraction of sp³-hybridized carbons (Fsp3) is 0.333. The minimum atomic E-state index is -1.07. The molecule has 1 aromatic rings. The molecule has 0 bridgehead atoms. The fourth-order valence-corrected chi connectivity index (χ4v) is 0.957. The molecule has 0 saturated heterocycles. The van der Waals surface area contributed by atoms with Crippen LogP contribution in [0.25, 0.3) is 0 Å². The normalized spacial score (nSPS) is 12.1. The van der Waals surface area contributed by atoms with E-state index in [-0.39, 0.29) is 0 Å². The van der Waals surface area contributed by atoms with E-state index < -0.39 is 17.9 Å². The molecule has 0 aliphatic rings. The SMILES string of the molecule is Cc1occc1C(=O)N[C@H](C)C(=O)O. The van der Waals surface area contributed by atoms with Gasteiger partial charge in [-0.3, -0.25) is 9.59 Å². The molecule has 76 valence electrons. The van der Waals surface area contributed by atoms with E-state index in [1.165, 1.54) is 19.3 Å². The van der Waals surface area contributed by atoms with Gasteiger partial charge in [-0.15, -0.1) is 0 Å². The highest BCUT2D eigenvalue weighted by Gasteiger charge is 2.17. The zero-order chi connectivity index (χ0) is 10.7. The van der Waals surface area contributed by atoms with Gasteiger partial charge in [0.15, 0.2) is 0 Å². The number of rotatable bonds is 3. The van der Waals surface area contributed by atoms with Crippen LogP contribution in [0, 0.1) is 6.92 Å². The molecule has 2 N–H and O–H groups in total. The Balaban J connectivity index is 2.69. The number of carbonyl (C=O) groups is 2. The first-order valence-corrected chi connectivity index (χ1v) is 4.10. The number of aliphatic carboxylic acids is 1. The Labute approximate surface area is 80.7 Å². The maximum absolute atomic E-state index is 11.4. The highest BCUT2D eigenvalue weighted by molar-refractivity contribution is 5.97. The van der Waals surface area contributed by atoms with E-state index in [1.54, 1.807) is 6.92 Å². The monoisotopic (exact) mass is 197 g/mol. The maximum atomic E-state index is 11.4. The second-order valence-corrected chi connectivity index (χ2v) is 2.92. The predicted molar refractivity (Wildman–Crippen MR) is 48.0 cm³/mol. The molecule has 0 unspecified atom stereocenters. The maximum Gasteiger partial charge on any atom is 0.325 e. The van der Waals surface area contributed by atoms with Gasteiger partial charge in [0.05, 0.1) is 11.8 Å². The Hall–Kier alpha value is -1.78. The van der Waals surface area contributed by atoms with Crippen LogP contribution in [-0.4, -0.2) is 23.0 Å². The van der Waals surface area contributed by atoms with E-state index in [0.29, 0.717) is 11.3 Å². The van der Waals surface area contributed by atoms with E-state index in [2.05, 4.69) is 5.32 Å². The first-order chi connectivity index (χ1) is 6.52. The first kappa shape index (κ1) is 10.3. The summed E-state index contributed by atoms with van der Waals surface area (Å²) in [4.78, 5) is 21.9. The van der Waals surface area contributed by atoms with Gasteiger partial charge in [-0.2, -0.15) is 0 Å². The van der Waals surface area contributed by atoms with Gasteiger partial charge in [-0.05, 0) is 19.9 Å². The largest absolute Gasteiger partial charge is 0.480 e. The van der Waals surface area contributed by atoms with Gasteiger partial charge >= 0.3 is 5.97 Å². The second kappa shape index (κ2) is 3.95. The molecule has 0 fully saturated rings. The molecule has 0 aromatic carbocycles. The summed E-state index contributed by atoms with van der Waals surface area (Å²) in [5, 5.41) is 10.9. The van der Waals surface area contributed by atoms with E-state index in [9.17, 15) is 9.59 Å². The summed E-state index contributed by atoms with van der Waals surface area (Å²) in [5.41, 5.74) is 0.359. The molecular formula is C9H11NO4. The van der Waals surface area contributed by atoms with Crippen molar-refractivity contribution in [3.8, 4) is 0 Å². The highest BCUT2D eigenvalue weighted by atomic mass is 16.4. The van der Waals surface area contributed by atoms with E-state index in [4.69, 9.17) is 9.52 Å². The minimum Gasteiger partial charge on any atom is -0.480 e. The molecule has 5 nitrogen and oxygen atoms in total. The quantitative estimate of drug-likeness (QED) is 0.750. The average molecular weight is 197 g/mol. The molecule has 14 heavy (non-hydrogen) atoms. The third-order valence-corrected chi connectivity index (χ3v) is 1.82. The summed E-state index contributed by atoms with van der Waals surface area (Å²) in [6.07, 6.45) is 1.38. The molecule has 5 heteroatoms. The van der Waals surface area contributed by atoms with Crippen LogP contribution in [0.5, 0.6) is 0 Å². The van der Waals surface area contributed by atoms with Crippen molar-refractivity contribution in [2.45, 2.75) is 19.9 Å². The van der Waals surface area contributed by atoms with Gasteiger partial charge in [-0.1, -0.05) is 0 Å². The lowest BCUT2D eigenvalue weighted by molar-refractivity contribution is -0.138. The number of nitrogens with one attached hydrogen (secondary N) is 1. The molecule has 1 atom stereocenters. The first-order valence-electron chi connectivity index (χ1n) is 4.10. The number of hydrogen-bond acceptors (Lipinski definition) is 3. The van der Waals surface area contributed by atoms with Gasteiger partial charge < -0.3 is 14.8 Å². The lowest BCUT2D eigenvalue weighted by Gasteiger charge is -2.07. The Morgan fingerprint density at radius 1 is 1.57 bits per heavy atom. The number of carbonyl (C=O) groups excluding carboxylic acids is 1. The summed E-state index contributed by atoms with van der Waals surface area (Å²) >= 11 is 0. The zero-order valence-electron chi connectivity index (χ0n) is 7.90. The molecule has 1 aromatic heterocycles. The minimum absolute atomic E-state index is 0.359. The predicted octanol–water partition coefficient (Wildman–Crippen LogP) is 0.791. The van der Waals surface area contributed by atoms with Crippen molar-refractivity contribution in [1.82, 2.24) is 5.32 Å². The van der Waals surface area contributed by atoms with Gasteiger partial charge in [0.2, 0.25) is 0 Å². The number of hydrogen-bond donors (Lipinski definition) is 2. The van der Waals surface area contributed by atoms with Crippen LogP contribution >= 0.6 is 0 Å². The van der Waals surface area contributed by atoms with Crippen LogP contribution in [0.3, 0.4) is 0 Å².